The Bertz CT molecular complexity index is 533. The highest BCUT2D eigenvalue weighted by Crippen LogP contribution is 2.23. The van der Waals surface area contributed by atoms with Gasteiger partial charge in [-0.1, -0.05) is 25.1 Å². The molecular weight excluding hydrogens is 208 g/mol. The lowest BCUT2D eigenvalue weighted by Gasteiger charge is -2.12. The average molecular weight is 222 g/mol. The zero-order valence-electron chi connectivity index (χ0n) is 10.0. The highest BCUT2D eigenvalue weighted by Gasteiger charge is 2.08. The van der Waals surface area contributed by atoms with Crippen molar-refractivity contribution < 1.29 is 0 Å². The van der Waals surface area contributed by atoms with Crippen LogP contribution >= 0.6 is 0 Å². The van der Waals surface area contributed by atoms with E-state index in [-0.39, 0.29) is 0 Å². The molecule has 17 heavy (non-hydrogen) atoms. The predicted octanol–water partition coefficient (Wildman–Crippen LogP) is 3.41. The molecule has 0 radical (unpaired) electrons. The van der Waals surface area contributed by atoms with Gasteiger partial charge < -0.3 is 0 Å². The highest BCUT2D eigenvalue weighted by atomic mass is 14.7. The molecule has 1 unspecified atom stereocenters. The third kappa shape index (κ3) is 2.51. The van der Waals surface area contributed by atoms with Crippen LogP contribution in [-0.2, 0) is 0 Å². The van der Waals surface area contributed by atoms with Crippen molar-refractivity contribution >= 4 is 0 Å². The summed E-state index contributed by atoms with van der Waals surface area (Å²) in [5.41, 5.74) is 4.12. The molecule has 0 N–H and O–H groups in total. The number of pyridine rings is 1. The van der Waals surface area contributed by atoms with Crippen molar-refractivity contribution in [3.05, 3.63) is 65.0 Å². The van der Waals surface area contributed by atoms with Gasteiger partial charge in [0.15, 0.2) is 0 Å². The summed E-state index contributed by atoms with van der Waals surface area (Å²) in [5.74, 6) is 0.302. The van der Waals surface area contributed by atoms with Crippen LogP contribution in [0.4, 0.5) is 0 Å². The van der Waals surface area contributed by atoms with Crippen molar-refractivity contribution in [1.29, 1.82) is 5.26 Å². The van der Waals surface area contributed by atoms with Gasteiger partial charge in [-0.15, -0.1) is 0 Å². The fourth-order valence-corrected chi connectivity index (χ4v) is 1.77. The lowest BCUT2D eigenvalue weighted by Crippen LogP contribution is -1.97. The quantitative estimate of drug-likeness (QED) is 0.780. The maximum Gasteiger partial charge on any atom is 0.0991 e. The first-order valence-corrected chi connectivity index (χ1v) is 5.63. The summed E-state index contributed by atoms with van der Waals surface area (Å²) in [6.45, 7) is 4.13. The van der Waals surface area contributed by atoms with E-state index in [1.54, 1.807) is 0 Å². The Morgan fingerprint density at radius 1 is 1.06 bits per heavy atom. The summed E-state index contributed by atoms with van der Waals surface area (Å²) in [5, 5.41) is 8.75. The monoisotopic (exact) mass is 222 g/mol. The molecule has 1 atom stereocenters. The zero-order chi connectivity index (χ0) is 12.3. The minimum Gasteiger partial charge on any atom is -0.261 e. The molecule has 0 fully saturated rings. The standard InChI is InChI=1S/C15H14N2/c1-11-3-6-15(10-17-11)12(2)14-7-4-13(9-16)5-8-14/h3-8,10,12H,1-2H3. The Morgan fingerprint density at radius 2 is 1.71 bits per heavy atom. The summed E-state index contributed by atoms with van der Waals surface area (Å²) < 4.78 is 0. The van der Waals surface area contributed by atoms with E-state index in [1.807, 2.05) is 43.5 Å². The Kier molecular flexibility index (Phi) is 3.20. The van der Waals surface area contributed by atoms with E-state index >= 15 is 0 Å². The van der Waals surface area contributed by atoms with Crippen LogP contribution in [0.5, 0.6) is 0 Å². The number of benzene rings is 1. The molecule has 0 aliphatic carbocycles. The zero-order valence-corrected chi connectivity index (χ0v) is 10.0. The van der Waals surface area contributed by atoms with Crippen molar-refractivity contribution in [3.8, 4) is 6.07 Å². The van der Waals surface area contributed by atoms with Gasteiger partial charge >= 0.3 is 0 Å². The van der Waals surface area contributed by atoms with E-state index in [4.69, 9.17) is 5.26 Å². The minimum absolute atomic E-state index is 0.302. The molecule has 2 heteroatoms. The summed E-state index contributed by atoms with van der Waals surface area (Å²) in [6, 6.07) is 14.0. The molecule has 84 valence electrons. The summed E-state index contributed by atoms with van der Waals surface area (Å²) in [6.07, 6.45) is 1.91. The van der Waals surface area contributed by atoms with Crippen molar-refractivity contribution in [2.45, 2.75) is 19.8 Å². The fraction of sp³-hybridized carbons (Fsp3) is 0.200. The van der Waals surface area contributed by atoms with Crippen molar-refractivity contribution in [2.24, 2.45) is 0 Å². The van der Waals surface area contributed by atoms with Crippen molar-refractivity contribution in [3.63, 3.8) is 0 Å². The largest absolute Gasteiger partial charge is 0.261 e. The van der Waals surface area contributed by atoms with Crippen LogP contribution in [0.25, 0.3) is 0 Å². The summed E-state index contributed by atoms with van der Waals surface area (Å²) >= 11 is 0. The average Bonchev–Trinajstić information content (AvgIpc) is 2.39. The van der Waals surface area contributed by atoms with E-state index < -0.39 is 0 Å². The van der Waals surface area contributed by atoms with E-state index in [0.717, 1.165) is 5.69 Å². The van der Waals surface area contributed by atoms with Crippen LogP contribution in [-0.4, -0.2) is 4.98 Å². The maximum atomic E-state index is 8.75. The molecule has 2 rings (SSSR count). The third-order valence-electron chi connectivity index (χ3n) is 2.97. The van der Waals surface area contributed by atoms with Gasteiger partial charge in [-0.2, -0.15) is 5.26 Å². The van der Waals surface area contributed by atoms with Crippen molar-refractivity contribution in [2.75, 3.05) is 0 Å². The van der Waals surface area contributed by atoms with E-state index in [1.165, 1.54) is 11.1 Å². The van der Waals surface area contributed by atoms with E-state index in [0.29, 0.717) is 11.5 Å². The number of aromatic nitrogens is 1. The number of hydrogen-bond acceptors (Lipinski definition) is 2. The van der Waals surface area contributed by atoms with Gasteiger partial charge in [0, 0.05) is 17.8 Å². The molecule has 2 aromatic rings. The van der Waals surface area contributed by atoms with Gasteiger partial charge in [0.05, 0.1) is 11.6 Å². The van der Waals surface area contributed by atoms with Crippen LogP contribution in [0.2, 0.25) is 0 Å². The second kappa shape index (κ2) is 4.80. The first-order valence-electron chi connectivity index (χ1n) is 5.63. The number of rotatable bonds is 2. The molecule has 1 aromatic carbocycles. The van der Waals surface area contributed by atoms with Gasteiger partial charge in [0.25, 0.3) is 0 Å². The minimum atomic E-state index is 0.302. The molecule has 0 spiro atoms. The lowest BCUT2D eigenvalue weighted by atomic mass is 9.94. The predicted molar refractivity (Wildman–Crippen MR) is 67.6 cm³/mol. The molecule has 1 aromatic heterocycles. The Balaban J connectivity index is 2.27. The molecule has 0 aliphatic rings. The van der Waals surface area contributed by atoms with Crippen LogP contribution < -0.4 is 0 Å². The molecule has 0 bridgehead atoms. The molecule has 0 saturated carbocycles. The second-order valence-corrected chi connectivity index (χ2v) is 4.19. The van der Waals surface area contributed by atoms with Crippen LogP contribution in [0.15, 0.2) is 42.6 Å². The molecule has 1 heterocycles. The summed E-state index contributed by atoms with van der Waals surface area (Å²) in [4.78, 5) is 4.31. The van der Waals surface area contributed by atoms with Gasteiger partial charge in [-0.3, -0.25) is 4.98 Å². The topological polar surface area (TPSA) is 36.7 Å². The number of aryl methyl sites for hydroxylation is 1. The Labute approximate surface area is 102 Å². The molecule has 2 nitrogen and oxygen atoms in total. The highest BCUT2D eigenvalue weighted by molar-refractivity contribution is 5.36. The van der Waals surface area contributed by atoms with Gasteiger partial charge in [-0.05, 0) is 36.2 Å². The first kappa shape index (κ1) is 11.3. The van der Waals surface area contributed by atoms with Crippen LogP contribution in [0.1, 0.15) is 35.2 Å². The summed E-state index contributed by atoms with van der Waals surface area (Å²) in [7, 11) is 0. The number of hydrogen-bond donors (Lipinski definition) is 0. The van der Waals surface area contributed by atoms with E-state index in [2.05, 4.69) is 24.0 Å². The molecule has 0 amide bonds. The lowest BCUT2D eigenvalue weighted by molar-refractivity contribution is 0.907. The third-order valence-corrected chi connectivity index (χ3v) is 2.97. The normalized spacial score (nSPS) is 11.8. The van der Waals surface area contributed by atoms with Crippen molar-refractivity contribution in [1.82, 2.24) is 4.98 Å². The SMILES string of the molecule is Cc1ccc(C(C)c2ccc(C#N)cc2)cn1. The number of nitriles is 1. The number of nitrogens with zero attached hydrogens (tertiary/aromatic N) is 2. The first-order chi connectivity index (χ1) is 8.20. The molecule has 0 aliphatic heterocycles. The Hall–Kier alpha value is -2.14. The maximum absolute atomic E-state index is 8.75. The van der Waals surface area contributed by atoms with Gasteiger partial charge in [-0.25, -0.2) is 0 Å². The van der Waals surface area contributed by atoms with Crippen LogP contribution in [0.3, 0.4) is 0 Å². The van der Waals surface area contributed by atoms with Gasteiger partial charge in [0.2, 0.25) is 0 Å². The molecule has 0 saturated heterocycles. The second-order valence-electron chi connectivity index (χ2n) is 4.19. The molecular formula is C15H14N2. The van der Waals surface area contributed by atoms with E-state index in [9.17, 15) is 0 Å². The van der Waals surface area contributed by atoms with Gasteiger partial charge in [0.1, 0.15) is 0 Å². The fourth-order valence-electron chi connectivity index (χ4n) is 1.77. The smallest absolute Gasteiger partial charge is 0.0991 e. The van der Waals surface area contributed by atoms with Crippen LogP contribution in [0, 0.1) is 18.3 Å². The Morgan fingerprint density at radius 3 is 2.24 bits per heavy atom.